The van der Waals surface area contributed by atoms with E-state index in [0.717, 1.165) is 11.5 Å². The van der Waals surface area contributed by atoms with Crippen LogP contribution in [0.1, 0.15) is 54.4 Å². The van der Waals surface area contributed by atoms with Crippen molar-refractivity contribution < 1.29 is 4.79 Å². The summed E-state index contributed by atoms with van der Waals surface area (Å²) >= 11 is 0. The number of ketones is 1. The molecule has 0 bridgehead atoms. The maximum absolute atomic E-state index is 11.1. The van der Waals surface area contributed by atoms with Crippen molar-refractivity contribution in [3.05, 3.63) is 35.4 Å². The zero-order chi connectivity index (χ0) is 9.97. The first kappa shape index (κ1) is 9.45. The topological polar surface area (TPSA) is 17.1 Å². The molecule has 1 fully saturated rings. The van der Waals surface area contributed by atoms with Crippen LogP contribution in [0.2, 0.25) is 0 Å². The highest BCUT2D eigenvalue weighted by molar-refractivity contribution is 5.94. The van der Waals surface area contributed by atoms with E-state index in [1.807, 2.05) is 12.1 Å². The van der Waals surface area contributed by atoms with Crippen LogP contribution in [-0.4, -0.2) is 5.78 Å². The van der Waals surface area contributed by atoms with Gasteiger partial charge < -0.3 is 0 Å². The molecule has 0 N–H and O–H groups in total. The Morgan fingerprint density at radius 1 is 1.14 bits per heavy atom. The molecule has 14 heavy (non-hydrogen) atoms. The van der Waals surface area contributed by atoms with Crippen LogP contribution in [0.3, 0.4) is 0 Å². The molecular weight excluding hydrogens is 172 g/mol. The van der Waals surface area contributed by atoms with E-state index in [1.54, 1.807) is 6.92 Å². The molecular formula is C13H16O. The van der Waals surface area contributed by atoms with E-state index in [-0.39, 0.29) is 5.78 Å². The minimum atomic E-state index is 0.156. The van der Waals surface area contributed by atoms with Crippen molar-refractivity contribution in [3.8, 4) is 0 Å². The van der Waals surface area contributed by atoms with Crippen molar-refractivity contribution in [2.45, 2.75) is 38.5 Å². The van der Waals surface area contributed by atoms with Gasteiger partial charge in [0.25, 0.3) is 0 Å². The van der Waals surface area contributed by atoms with Gasteiger partial charge in [-0.3, -0.25) is 4.79 Å². The third-order valence-corrected chi connectivity index (χ3v) is 3.14. The van der Waals surface area contributed by atoms with Gasteiger partial charge in [0.2, 0.25) is 0 Å². The standard InChI is InChI=1S/C13H16O/c1-10(14)11-6-8-13(9-7-11)12-4-2-3-5-12/h6-9,12H,2-5H2,1H3. The van der Waals surface area contributed by atoms with Gasteiger partial charge in [0.1, 0.15) is 0 Å². The maximum Gasteiger partial charge on any atom is 0.159 e. The molecule has 0 spiro atoms. The highest BCUT2D eigenvalue weighted by atomic mass is 16.1. The molecule has 0 heterocycles. The SMILES string of the molecule is CC(=O)c1ccc(C2CCCC2)cc1. The summed E-state index contributed by atoms with van der Waals surface area (Å²) in [5, 5.41) is 0. The summed E-state index contributed by atoms with van der Waals surface area (Å²) in [4.78, 5) is 11.1. The summed E-state index contributed by atoms with van der Waals surface area (Å²) in [7, 11) is 0. The van der Waals surface area contributed by atoms with Crippen molar-refractivity contribution in [3.63, 3.8) is 0 Å². The van der Waals surface area contributed by atoms with Gasteiger partial charge in [-0.05, 0) is 31.2 Å². The zero-order valence-electron chi connectivity index (χ0n) is 8.62. The molecule has 0 atom stereocenters. The normalized spacial score (nSPS) is 17.2. The first-order valence-corrected chi connectivity index (χ1v) is 5.38. The quantitative estimate of drug-likeness (QED) is 0.649. The summed E-state index contributed by atoms with van der Waals surface area (Å²) in [5.41, 5.74) is 2.24. The van der Waals surface area contributed by atoms with Crippen LogP contribution in [0, 0.1) is 0 Å². The average Bonchev–Trinajstić information content (AvgIpc) is 2.71. The first-order chi connectivity index (χ1) is 6.77. The van der Waals surface area contributed by atoms with Crippen molar-refractivity contribution in [2.24, 2.45) is 0 Å². The van der Waals surface area contributed by atoms with Crippen molar-refractivity contribution in [2.75, 3.05) is 0 Å². The molecule has 0 unspecified atom stereocenters. The fourth-order valence-corrected chi connectivity index (χ4v) is 2.25. The van der Waals surface area contributed by atoms with Gasteiger partial charge in [-0.2, -0.15) is 0 Å². The monoisotopic (exact) mass is 188 g/mol. The van der Waals surface area contributed by atoms with Gasteiger partial charge in [0, 0.05) is 5.56 Å². The molecule has 0 aromatic heterocycles. The van der Waals surface area contributed by atoms with Crippen molar-refractivity contribution in [1.29, 1.82) is 0 Å². The predicted molar refractivity (Wildman–Crippen MR) is 57.7 cm³/mol. The zero-order valence-corrected chi connectivity index (χ0v) is 8.62. The second-order valence-electron chi connectivity index (χ2n) is 4.16. The fraction of sp³-hybridized carbons (Fsp3) is 0.462. The molecule has 1 nitrogen and oxygen atoms in total. The van der Waals surface area contributed by atoms with Crippen LogP contribution in [0.15, 0.2) is 24.3 Å². The number of carbonyl (C=O) groups is 1. The van der Waals surface area contributed by atoms with E-state index in [0.29, 0.717) is 0 Å². The van der Waals surface area contributed by atoms with Crippen LogP contribution in [0.5, 0.6) is 0 Å². The van der Waals surface area contributed by atoms with Crippen LogP contribution in [-0.2, 0) is 0 Å². The molecule has 1 aromatic rings. The average molecular weight is 188 g/mol. The summed E-state index contributed by atoms with van der Waals surface area (Å²) < 4.78 is 0. The lowest BCUT2D eigenvalue weighted by Gasteiger charge is -2.09. The van der Waals surface area contributed by atoms with Crippen molar-refractivity contribution in [1.82, 2.24) is 0 Å². The Bertz CT molecular complexity index is 318. The lowest BCUT2D eigenvalue weighted by Crippen LogP contribution is -1.95. The number of hydrogen-bond donors (Lipinski definition) is 0. The van der Waals surface area contributed by atoms with Crippen LogP contribution < -0.4 is 0 Å². The summed E-state index contributed by atoms with van der Waals surface area (Å²) in [5.74, 6) is 0.902. The Hall–Kier alpha value is -1.11. The Kier molecular flexibility index (Phi) is 2.67. The minimum absolute atomic E-state index is 0.156. The third-order valence-electron chi connectivity index (χ3n) is 3.14. The van der Waals surface area contributed by atoms with Crippen LogP contribution >= 0.6 is 0 Å². The fourth-order valence-electron chi connectivity index (χ4n) is 2.25. The molecule has 1 saturated carbocycles. The first-order valence-electron chi connectivity index (χ1n) is 5.38. The third kappa shape index (κ3) is 1.87. The molecule has 0 radical (unpaired) electrons. The smallest absolute Gasteiger partial charge is 0.159 e. The van der Waals surface area contributed by atoms with Gasteiger partial charge in [0.15, 0.2) is 5.78 Å². The Morgan fingerprint density at radius 3 is 2.21 bits per heavy atom. The van der Waals surface area contributed by atoms with Gasteiger partial charge in [-0.25, -0.2) is 0 Å². The highest BCUT2D eigenvalue weighted by Gasteiger charge is 2.16. The summed E-state index contributed by atoms with van der Waals surface area (Å²) in [6, 6.07) is 8.14. The van der Waals surface area contributed by atoms with Gasteiger partial charge in [-0.15, -0.1) is 0 Å². The molecule has 1 aromatic carbocycles. The van der Waals surface area contributed by atoms with E-state index >= 15 is 0 Å². The van der Waals surface area contributed by atoms with E-state index in [4.69, 9.17) is 0 Å². The molecule has 74 valence electrons. The Balaban J connectivity index is 2.16. The Labute approximate surface area is 85.1 Å². The number of benzene rings is 1. The van der Waals surface area contributed by atoms with Crippen molar-refractivity contribution >= 4 is 5.78 Å². The number of Topliss-reactive ketones (excluding diaryl/α,β-unsaturated/α-hetero) is 1. The molecule has 0 aliphatic heterocycles. The second kappa shape index (κ2) is 3.95. The molecule has 0 amide bonds. The van der Waals surface area contributed by atoms with Gasteiger partial charge in [0.05, 0.1) is 0 Å². The lowest BCUT2D eigenvalue weighted by atomic mass is 9.96. The molecule has 1 aliphatic carbocycles. The molecule has 1 aliphatic rings. The van der Waals surface area contributed by atoms with Gasteiger partial charge in [-0.1, -0.05) is 37.1 Å². The summed E-state index contributed by atoms with van der Waals surface area (Å²) in [6.07, 6.45) is 5.36. The summed E-state index contributed by atoms with van der Waals surface area (Å²) in [6.45, 7) is 1.62. The van der Waals surface area contributed by atoms with E-state index in [9.17, 15) is 4.79 Å². The largest absolute Gasteiger partial charge is 0.295 e. The molecule has 2 rings (SSSR count). The van der Waals surface area contributed by atoms with E-state index in [2.05, 4.69) is 12.1 Å². The van der Waals surface area contributed by atoms with E-state index in [1.165, 1.54) is 31.2 Å². The van der Waals surface area contributed by atoms with Crippen LogP contribution in [0.4, 0.5) is 0 Å². The second-order valence-corrected chi connectivity index (χ2v) is 4.16. The minimum Gasteiger partial charge on any atom is -0.295 e. The van der Waals surface area contributed by atoms with Crippen LogP contribution in [0.25, 0.3) is 0 Å². The van der Waals surface area contributed by atoms with Gasteiger partial charge >= 0.3 is 0 Å². The number of carbonyl (C=O) groups excluding carboxylic acids is 1. The Morgan fingerprint density at radius 2 is 1.71 bits per heavy atom. The van der Waals surface area contributed by atoms with E-state index < -0.39 is 0 Å². The maximum atomic E-state index is 11.1. The predicted octanol–water partition coefficient (Wildman–Crippen LogP) is 3.55. The highest BCUT2D eigenvalue weighted by Crippen LogP contribution is 2.33. The molecule has 0 saturated heterocycles. The number of hydrogen-bond acceptors (Lipinski definition) is 1. The lowest BCUT2D eigenvalue weighted by molar-refractivity contribution is 0.101. The number of rotatable bonds is 2. The molecule has 1 heteroatoms.